The summed E-state index contributed by atoms with van der Waals surface area (Å²) in [6, 6.07) is 14.8. The summed E-state index contributed by atoms with van der Waals surface area (Å²) in [4.78, 5) is 19.1. The van der Waals surface area contributed by atoms with Gasteiger partial charge in [0.25, 0.3) is 5.91 Å². The number of nitrogens with one attached hydrogen (secondary N) is 1. The van der Waals surface area contributed by atoms with Crippen LogP contribution in [0.25, 0.3) is 11.3 Å². The zero-order chi connectivity index (χ0) is 17.8. The molecule has 8 nitrogen and oxygen atoms in total. The largest absolute Gasteiger partial charge is 0.595 e. The smallest absolute Gasteiger partial charge is 0.286 e. The Labute approximate surface area is 142 Å². The van der Waals surface area contributed by atoms with Crippen molar-refractivity contribution in [1.82, 2.24) is 9.97 Å². The molecule has 1 aromatic heterocycles. The molecule has 1 heterocycles. The first kappa shape index (κ1) is 16.5. The van der Waals surface area contributed by atoms with Gasteiger partial charge in [0.15, 0.2) is 5.69 Å². The van der Waals surface area contributed by atoms with Gasteiger partial charge in [0.05, 0.1) is 5.69 Å². The molecule has 2 aromatic carbocycles. The Morgan fingerprint density at radius 3 is 2.20 bits per heavy atom. The van der Waals surface area contributed by atoms with E-state index < -0.39 is 11.1 Å². The number of nitrogens with zero attached hydrogens (tertiary/aromatic N) is 2. The van der Waals surface area contributed by atoms with Crippen molar-refractivity contribution in [3.05, 3.63) is 71.8 Å². The number of benzene rings is 2. The summed E-state index contributed by atoms with van der Waals surface area (Å²) < 4.78 is 5.67. The normalized spacial score (nSPS) is 11.8. The van der Waals surface area contributed by atoms with E-state index in [1.807, 2.05) is 0 Å². The molecule has 4 N–H and O–H groups in total. The highest BCUT2D eigenvalue weighted by molar-refractivity contribution is 5.89. The first-order chi connectivity index (χ1) is 12.0. The van der Waals surface area contributed by atoms with Gasteiger partial charge in [-0.05, 0) is 42.5 Å². The van der Waals surface area contributed by atoms with Gasteiger partial charge in [-0.2, -0.15) is 5.23 Å². The third kappa shape index (κ3) is 3.96. The molecule has 0 aliphatic rings. The van der Waals surface area contributed by atoms with Gasteiger partial charge in [0, 0.05) is 23.9 Å². The molecule has 8 heteroatoms. The van der Waals surface area contributed by atoms with E-state index in [0.29, 0.717) is 17.2 Å². The number of carbonyl (C=O) groups excluding carboxylic acids is 1. The van der Waals surface area contributed by atoms with Crippen molar-refractivity contribution in [2.75, 3.05) is 0 Å². The third-order valence-electron chi connectivity index (χ3n) is 3.36. The summed E-state index contributed by atoms with van der Waals surface area (Å²) >= 11 is 0. The third-order valence-corrected chi connectivity index (χ3v) is 3.36. The minimum atomic E-state index is -0.990. The van der Waals surface area contributed by atoms with Crippen molar-refractivity contribution < 1.29 is 20.0 Å². The average Bonchev–Trinajstić information content (AvgIpc) is 2.63. The summed E-state index contributed by atoms with van der Waals surface area (Å²) in [5, 5.41) is 18.7. The lowest BCUT2D eigenvalue weighted by atomic mass is 10.1. The van der Waals surface area contributed by atoms with Crippen molar-refractivity contribution in [2.45, 2.75) is 0 Å². The molecule has 0 saturated heterocycles. The zero-order valence-electron chi connectivity index (χ0n) is 12.9. The van der Waals surface area contributed by atoms with Gasteiger partial charge in [-0.25, -0.2) is 15.2 Å². The van der Waals surface area contributed by atoms with Crippen molar-refractivity contribution in [3.8, 4) is 22.8 Å². The zero-order valence-corrected chi connectivity index (χ0v) is 12.9. The van der Waals surface area contributed by atoms with Gasteiger partial charge >= 0.3 is 0 Å². The van der Waals surface area contributed by atoms with Gasteiger partial charge in [0.2, 0.25) is 5.82 Å². The topological polar surface area (TPSA) is 126 Å². The molecule has 0 fully saturated rings. The number of rotatable bonds is 5. The molecule has 1 amide bonds. The first-order valence-corrected chi connectivity index (χ1v) is 7.27. The molecule has 3 rings (SSSR count). The van der Waals surface area contributed by atoms with Crippen LogP contribution < -0.4 is 15.7 Å². The van der Waals surface area contributed by atoms with Crippen molar-refractivity contribution >= 4 is 11.6 Å². The summed E-state index contributed by atoms with van der Waals surface area (Å²) in [6.07, 6.45) is 1.47. The van der Waals surface area contributed by atoms with E-state index in [0.717, 1.165) is 5.56 Å². The number of ether oxygens (including phenoxy) is 1. The van der Waals surface area contributed by atoms with E-state index in [1.54, 1.807) is 42.5 Å². The maximum atomic E-state index is 11.1. The Morgan fingerprint density at radius 2 is 1.64 bits per heavy atom. The Balaban J connectivity index is 1.76. The maximum absolute atomic E-state index is 11.1. The molecule has 1 atom stereocenters. The Morgan fingerprint density at radius 1 is 1.04 bits per heavy atom. The highest BCUT2D eigenvalue weighted by Gasteiger charge is 2.07. The van der Waals surface area contributed by atoms with E-state index in [1.165, 1.54) is 18.3 Å². The average molecular weight is 338 g/mol. The molecule has 126 valence electrons. The molecule has 0 aliphatic carbocycles. The van der Waals surface area contributed by atoms with E-state index in [9.17, 15) is 10.0 Å². The second-order valence-electron chi connectivity index (χ2n) is 5.09. The number of quaternary nitrogens is 1. The van der Waals surface area contributed by atoms with Crippen LogP contribution in [0.4, 0.5) is 5.69 Å². The number of hydrogen-bond acceptors (Lipinski definition) is 6. The van der Waals surface area contributed by atoms with Crippen molar-refractivity contribution in [2.24, 2.45) is 5.73 Å². The van der Waals surface area contributed by atoms with Crippen LogP contribution in [0.5, 0.6) is 11.5 Å². The van der Waals surface area contributed by atoms with Crippen LogP contribution in [0.15, 0.2) is 60.8 Å². The highest BCUT2D eigenvalue weighted by atomic mass is 16.8. The van der Waals surface area contributed by atoms with Crippen LogP contribution in [0, 0.1) is 5.21 Å². The summed E-state index contributed by atoms with van der Waals surface area (Å²) in [5.41, 5.74) is 6.72. The summed E-state index contributed by atoms with van der Waals surface area (Å²) in [6.45, 7) is 0. The van der Waals surface area contributed by atoms with E-state index in [-0.39, 0.29) is 11.5 Å². The molecular weight excluding hydrogens is 324 g/mol. The SMILES string of the molecule is NC(=O)c1nccc(-c2ccc(Oc3ccc([NH+]([O-])O)cc3)cc2)n1. The summed E-state index contributed by atoms with van der Waals surface area (Å²) in [7, 11) is 0. The second kappa shape index (κ2) is 7.05. The van der Waals surface area contributed by atoms with Gasteiger partial charge < -0.3 is 15.7 Å². The molecule has 0 aliphatic heterocycles. The lowest BCUT2D eigenvalue weighted by Crippen LogP contribution is -2.99. The molecule has 0 spiro atoms. The molecule has 25 heavy (non-hydrogen) atoms. The number of carbonyl (C=O) groups is 1. The Kier molecular flexibility index (Phi) is 4.66. The van der Waals surface area contributed by atoms with Crippen LogP contribution in [0.3, 0.4) is 0 Å². The minimum Gasteiger partial charge on any atom is -0.595 e. The van der Waals surface area contributed by atoms with Crippen LogP contribution >= 0.6 is 0 Å². The Bertz CT molecular complexity index is 880. The minimum absolute atomic E-state index is 0.0450. The van der Waals surface area contributed by atoms with Gasteiger partial charge in [-0.3, -0.25) is 4.79 Å². The lowest BCUT2D eigenvalue weighted by molar-refractivity contribution is -0.991. The standard InChI is InChI=1S/C17H14N4O4/c18-16(22)17-19-10-9-15(20-17)11-1-5-13(6-2-11)25-14-7-3-12(4-8-14)21(23)24/h1-10,21,23H,(H2,18,22). The van der Waals surface area contributed by atoms with Gasteiger partial charge in [0.1, 0.15) is 11.5 Å². The highest BCUT2D eigenvalue weighted by Crippen LogP contribution is 2.25. The number of amides is 1. The molecule has 0 saturated carbocycles. The number of aromatic nitrogens is 2. The first-order valence-electron chi connectivity index (χ1n) is 7.27. The van der Waals surface area contributed by atoms with Crippen molar-refractivity contribution in [3.63, 3.8) is 0 Å². The fourth-order valence-electron chi connectivity index (χ4n) is 2.13. The van der Waals surface area contributed by atoms with Crippen molar-refractivity contribution in [1.29, 1.82) is 0 Å². The maximum Gasteiger partial charge on any atom is 0.286 e. The second-order valence-corrected chi connectivity index (χ2v) is 5.09. The number of primary amides is 1. The lowest BCUT2D eigenvalue weighted by Gasteiger charge is -2.12. The van der Waals surface area contributed by atoms with Crippen LogP contribution in [0.2, 0.25) is 0 Å². The quantitative estimate of drug-likeness (QED) is 0.604. The van der Waals surface area contributed by atoms with Gasteiger partial charge in [-0.15, -0.1) is 0 Å². The van der Waals surface area contributed by atoms with Gasteiger partial charge in [-0.1, -0.05) is 0 Å². The van der Waals surface area contributed by atoms with E-state index in [4.69, 9.17) is 15.7 Å². The predicted octanol–water partition coefficient (Wildman–Crippen LogP) is 1.44. The monoisotopic (exact) mass is 338 g/mol. The molecular formula is C17H14N4O4. The fraction of sp³-hybridized carbons (Fsp3) is 0. The molecule has 3 aromatic rings. The number of hydrogen-bond donors (Lipinski definition) is 3. The van der Waals surface area contributed by atoms with Crippen LogP contribution in [-0.4, -0.2) is 21.1 Å². The van der Waals surface area contributed by atoms with E-state index in [2.05, 4.69) is 9.97 Å². The number of nitrogens with two attached hydrogens (primary N) is 1. The molecule has 0 radical (unpaired) electrons. The summed E-state index contributed by atoms with van der Waals surface area (Å²) in [5.74, 6) is 0.370. The fourth-order valence-corrected chi connectivity index (χ4v) is 2.13. The van der Waals surface area contributed by atoms with E-state index >= 15 is 0 Å². The van der Waals surface area contributed by atoms with Crippen LogP contribution in [0.1, 0.15) is 10.6 Å². The molecule has 1 unspecified atom stereocenters. The predicted molar refractivity (Wildman–Crippen MR) is 88.3 cm³/mol. The Hall–Kier alpha value is -3.33. The van der Waals surface area contributed by atoms with Crippen LogP contribution in [-0.2, 0) is 0 Å². The molecule has 0 bridgehead atoms.